The standard InChI is InChI=1S/C53H62N7O21P3S2/c1-5-58(6-2)36-20-22-39-38(33(3)49(79-43(39)28-36)34-14-8-7-9-15-34)17-10-18-45-53(4,40-29-37(86(74,75)76)21-23-41(40)59(45)26-13-27-85(71,72)73)24-11-19-46(62)55-25-12-16-35-31-60(50-48(35)51(63)57-52(54)56-50)47-30-42(61)44(78-47)32-77-83(67,68)81-84(69,70)80-82(64,65)66/h7-10,14-15,17-18,20-23,28-29,31,42,44,47,61H,5-6,11,13,19,24-27,30,32H2,1-4H3,(H9-,54,55,56,57,62,63,64,65,66,67,68,69,70,71,72,73,74,75,76)/t42-,44+,47+,53?/m0/s1. The van der Waals surface area contributed by atoms with Gasteiger partial charge in [0.25, 0.3) is 15.7 Å². The Morgan fingerprint density at radius 2 is 1.74 bits per heavy atom. The number of allylic oxidation sites excluding steroid dienone is 3. The first kappa shape index (κ1) is 65.5. The maximum atomic E-state index is 13.6. The first-order valence-corrected chi connectivity index (χ1v) is 34.0. The van der Waals surface area contributed by atoms with Gasteiger partial charge in [-0.3, -0.25) is 23.6 Å². The minimum absolute atomic E-state index is 0.0120. The fraction of sp³-hybridized carbons (Fsp3) is 0.358. The van der Waals surface area contributed by atoms with Crippen molar-refractivity contribution < 1.29 is 91.4 Å². The summed E-state index contributed by atoms with van der Waals surface area (Å²) >= 11 is 0. The summed E-state index contributed by atoms with van der Waals surface area (Å²) < 4.78 is 134. The molecule has 4 aliphatic rings. The summed E-state index contributed by atoms with van der Waals surface area (Å²) in [5.74, 6) is 5.39. The number of nitrogens with two attached hydrogens (primary N) is 1. The number of fused-ring (bicyclic) bond motifs is 3. The molecule has 4 aromatic rings. The fourth-order valence-corrected chi connectivity index (χ4v) is 14.5. The number of hydrogen-bond acceptors (Lipinski definition) is 19. The Hall–Kier alpha value is -6.45. The fourth-order valence-electron chi connectivity index (χ4n) is 10.5. The van der Waals surface area contributed by atoms with E-state index in [1.54, 1.807) is 4.90 Å². The predicted octanol–water partition coefficient (Wildman–Crippen LogP) is 4.98. The summed E-state index contributed by atoms with van der Waals surface area (Å²) in [5, 5.41) is 14.4. The van der Waals surface area contributed by atoms with E-state index in [2.05, 4.69) is 58.7 Å². The molecule has 1 amide bonds. The van der Waals surface area contributed by atoms with Crippen LogP contribution in [0.1, 0.15) is 81.4 Å². The molecule has 33 heteroatoms. The van der Waals surface area contributed by atoms with E-state index in [0.29, 0.717) is 28.5 Å². The topological polar surface area (TPSA) is 426 Å². The molecule has 10 N–H and O–H groups in total. The average Bonchev–Trinajstić information content (AvgIpc) is 1.71. The van der Waals surface area contributed by atoms with Crippen LogP contribution in [0.4, 0.5) is 11.6 Å². The quantitative estimate of drug-likeness (QED) is 0.0177. The highest BCUT2D eigenvalue weighted by molar-refractivity contribution is 7.86. The number of carbonyl (C=O) groups excluding carboxylic acids is 1. The van der Waals surface area contributed by atoms with Crippen LogP contribution in [-0.2, 0) is 62.0 Å². The van der Waals surface area contributed by atoms with Crippen molar-refractivity contribution in [3.63, 3.8) is 0 Å². The van der Waals surface area contributed by atoms with Crippen molar-refractivity contribution in [1.29, 1.82) is 0 Å². The lowest BCUT2D eigenvalue weighted by Crippen LogP contribution is -2.31. The Morgan fingerprint density at radius 1 is 1.02 bits per heavy atom. The Bertz CT molecular complexity index is 4210. The van der Waals surface area contributed by atoms with Gasteiger partial charge in [0.05, 0.1) is 51.3 Å². The number of amides is 1. The smallest absolute Gasteiger partial charge is 0.490 e. The summed E-state index contributed by atoms with van der Waals surface area (Å²) in [6.07, 6.45) is 2.76. The number of nitrogens with one attached hydrogen (secondary N) is 2. The van der Waals surface area contributed by atoms with Gasteiger partial charge in [-0.05, 0) is 88.4 Å². The van der Waals surface area contributed by atoms with Crippen LogP contribution in [0.5, 0.6) is 0 Å². The number of rotatable bonds is 23. The molecule has 6 atom stereocenters. The van der Waals surface area contributed by atoms with Gasteiger partial charge in [0, 0.05) is 70.9 Å². The number of aromatic nitrogens is 3. The molecule has 0 spiro atoms. The number of ether oxygens (including phenoxy) is 1. The predicted molar refractivity (Wildman–Crippen MR) is 312 cm³/mol. The largest absolute Gasteiger partial charge is 0.748 e. The Labute approximate surface area is 492 Å². The minimum atomic E-state index is -5.84. The number of anilines is 2. The lowest BCUT2D eigenvalue weighted by atomic mass is 9.77. The highest BCUT2D eigenvalue weighted by atomic mass is 32.2. The number of aliphatic hydroxyl groups excluding tert-OH is 1. The third-order valence-electron chi connectivity index (χ3n) is 14.4. The molecular weight excluding hydrogens is 1230 g/mol. The highest BCUT2D eigenvalue weighted by Crippen LogP contribution is 2.66. The SMILES string of the molecule is CC[N+](CC)=c1ccc2c(/C=C/C=C3\N(CCCS(=O)(=O)[O-])c4ccc(S(=O)(=O)O)cc4C3(C)CCCC(=O)NCC#Cc3cn([C@H]4C[C@H](O)[C@@H](COP(=O)(O)OP(=O)(O)OP(=O)(O)O)O4)c4nc(N)[nH]c(=O)c34)c(C)c(-c3ccccc3)oc-2c1. The van der Waals surface area contributed by atoms with Gasteiger partial charge in [0.1, 0.15) is 36.9 Å². The molecule has 2 aromatic heterocycles. The van der Waals surface area contributed by atoms with Crippen LogP contribution in [0.25, 0.3) is 39.8 Å². The zero-order valence-corrected chi connectivity index (χ0v) is 50.8. The van der Waals surface area contributed by atoms with Crippen molar-refractivity contribution >= 4 is 78.4 Å². The van der Waals surface area contributed by atoms with Gasteiger partial charge >= 0.3 is 23.5 Å². The second kappa shape index (κ2) is 26.1. The number of nitrogens with zero attached hydrogens (tertiary/aromatic N) is 4. The van der Waals surface area contributed by atoms with Crippen molar-refractivity contribution in [3.05, 3.63) is 129 Å². The zero-order chi connectivity index (χ0) is 62.7. The number of phosphoric ester groups is 1. The molecule has 3 aliphatic heterocycles. The van der Waals surface area contributed by atoms with E-state index in [9.17, 15) is 64.1 Å². The number of aromatic amines is 1. The molecule has 2 aromatic carbocycles. The molecule has 0 bridgehead atoms. The number of phosphoric acid groups is 3. The lowest BCUT2D eigenvalue weighted by molar-refractivity contribution is -0.121. The molecule has 0 radical (unpaired) electrons. The maximum Gasteiger partial charge on any atom is 0.490 e. The average molecular weight is 1290 g/mol. The van der Waals surface area contributed by atoms with E-state index < -0.39 is 96.3 Å². The van der Waals surface area contributed by atoms with Crippen LogP contribution < -0.4 is 31.4 Å². The molecule has 1 aliphatic carbocycles. The van der Waals surface area contributed by atoms with Crippen LogP contribution in [-0.4, -0.2) is 122 Å². The van der Waals surface area contributed by atoms with Gasteiger partial charge < -0.3 is 58.9 Å². The van der Waals surface area contributed by atoms with Gasteiger partial charge in [-0.25, -0.2) is 26.7 Å². The van der Waals surface area contributed by atoms with Crippen LogP contribution in [0.15, 0.2) is 105 Å². The van der Waals surface area contributed by atoms with Gasteiger partial charge in [-0.15, -0.1) is 0 Å². The Balaban J connectivity index is 1.04. The van der Waals surface area contributed by atoms with Crippen molar-refractivity contribution in [2.75, 3.05) is 49.2 Å². The van der Waals surface area contributed by atoms with Crippen molar-refractivity contribution in [2.24, 2.45) is 0 Å². The van der Waals surface area contributed by atoms with Crippen molar-refractivity contribution in [1.82, 2.24) is 24.4 Å². The summed E-state index contributed by atoms with van der Waals surface area (Å²) in [6.45, 7) is 8.23. The van der Waals surface area contributed by atoms with Crippen molar-refractivity contribution in [2.45, 2.75) is 88.5 Å². The van der Waals surface area contributed by atoms with E-state index >= 15 is 0 Å². The van der Waals surface area contributed by atoms with Crippen LogP contribution in [0.3, 0.4) is 0 Å². The molecular formula is C53H62N7O21P3S2. The number of nitrogen functional groups attached to an aromatic ring is 1. The first-order chi connectivity index (χ1) is 40.3. The van der Waals surface area contributed by atoms with Gasteiger partial charge in [0.15, 0.2) is 5.65 Å². The van der Waals surface area contributed by atoms with Gasteiger partial charge in [0.2, 0.25) is 17.2 Å². The van der Waals surface area contributed by atoms with Gasteiger partial charge in [-0.2, -0.15) is 22.0 Å². The summed E-state index contributed by atoms with van der Waals surface area (Å²) in [5.41, 5.74) is 8.83. The Morgan fingerprint density at radius 3 is 2.42 bits per heavy atom. The molecule has 1 saturated heterocycles. The summed E-state index contributed by atoms with van der Waals surface area (Å²) in [6, 6.07) is 19.7. The molecule has 86 heavy (non-hydrogen) atoms. The molecule has 28 nitrogen and oxygen atoms in total. The number of benzene rings is 3. The molecule has 5 heterocycles. The van der Waals surface area contributed by atoms with E-state index in [0.717, 1.165) is 40.7 Å². The van der Waals surface area contributed by atoms with E-state index in [-0.39, 0.29) is 67.7 Å². The molecule has 0 saturated carbocycles. The number of H-pyrrole nitrogens is 1. The number of carbonyl (C=O) groups is 1. The summed E-state index contributed by atoms with van der Waals surface area (Å²) in [7, 11) is -26.5. The van der Waals surface area contributed by atoms with Crippen LogP contribution >= 0.6 is 23.5 Å². The first-order valence-electron chi connectivity index (χ1n) is 26.5. The maximum absolute atomic E-state index is 13.6. The second-order valence-electron chi connectivity index (χ2n) is 20.2. The highest BCUT2D eigenvalue weighted by Gasteiger charge is 2.45. The summed E-state index contributed by atoms with van der Waals surface area (Å²) in [4.78, 5) is 71.7. The third kappa shape index (κ3) is 15.6. The number of aliphatic hydroxyl groups is 1. The number of hydrogen-bond donors (Lipinski definition) is 9. The van der Waals surface area contributed by atoms with E-state index in [1.807, 2.05) is 80.6 Å². The third-order valence-corrected chi connectivity index (χ3v) is 19.8. The zero-order valence-electron chi connectivity index (χ0n) is 46.5. The molecule has 1 fully saturated rings. The van der Waals surface area contributed by atoms with Crippen LogP contribution in [0, 0.1) is 18.8 Å². The molecule has 462 valence electrons. The van der Waals surface area contributed by atoms with Gasteiger partial charge in [-0.1, -0.05) is 54.3 Å². The Kier molecular flexibility index (Phi) is 19.9. The van der Waals surface area contributed by atoms with Crippen molar-refractivity contribution in [3.8, 4) is 34.5 Å². The minimum Gasteiger partial charge on any atom is -0.748 e. The normalized spacial score (nSPS) is 20.1. The van der Waals surface area contributed by atoms with Crippen LogP contribution in [0.2, 0.25) is 0 Å². The van der Waals surface area contributed by atoms with E-state index in [1.165, 1.54) is 29.0 Å². The van der Waals surface area contributed by atoms with E-state index in [4.69, 9.17) is 24.7 Å². The molecule has 8 rings (SSSR count). The second-order valence-corrected chi connectivity index (χ2v) is 27.6. The lowest BCUT2D eigenvalue weighted by Gasteiger charge is -2.30. The monoisotopic (exact) mass is 1290 g/mol. The molecule has 3 unspecified atom stereocenters.